The Bertz CT molecular complexity index is 1300. The third-order valence-corrected chi connectivity index (χ3v) is 5.87. The fraction of sp³-hybridized carbons (Fsp3) is 0.207. The lowest BCUT2D eigenvalue weighted by atomic mass is 9.90. The first-order chi connectivity index (χ1) is 16.7. The van der Waals surface area contributed by atoms with Crippen molar-refractivity contribution in [3.05, 3.63) is 99.7 Å². The summed E-state index contributed by atoms with van der Waals surface area (Å²) >= 11 is 0. The summed E-state index contributed by atoms with van der Waals surface area (Å²) in [6.45, 7) is 5.50. The highest BCUT2D eigenvalue weighted by atomic mass is 16.3. The Labute approximate surface area is 205 Å². The van der Waals surface area contributed by atoms with E-state index in [0.29, 0.717) is 35.2 Å². The maximum atomic E-state index is 13.0. The number of nitrogens with one attached hydrogen (secondary N) is 2. The van der Waals surface area contributed by atoms with Crippen LogP contribution in [-0.4, -0.2) is 29.8 Å². The SMILES string of the molecule is C/C=C/C=C\C=C(/C)C(=O)c1cc(NC(=O)c2cc3c(cc2O)CCC(C(=O)NC)=C3)ccc1C. The van der Waals surface area contributed by atoms with E-state index in [1.54, 1.807) is 62.5 Å². The summed E-state index contributed by atoms with van der Waals surface area (Å²) in [4.78, 5) is 38.0. The topological polar surface area (TPSA) is 95.5 Å². The Morgan fingerprint density at radius 3 is 2.46 bits per heavy atom. The summed E-state index contributed by atoms with van der Waals surface area (Å²) in [5.74, 6) is -0.928. The van der Waals surface area contributed by atoms with Crippen LogP contribution in [0.25, 0.3) is 6.08 Å². The normalized spacial score (nSPS) is 13.5. The highest BCUT2D eigenvalue weighted by Gasteiger charge is 2.20. The van der Waals surface area contributed by atoms with Crippen LogP contribution in [0.15, 0.2) is 71.9 Å². The lowest BCUT2D eigenvalue weighted by Gasteiger charge is -2.18. The largest absolute Gasteiger partial charge is 0.507 e. The van der Waals surface area contributed by atoms with Crippen molar-refractivity contribution >= 4 is 29.4 Å². The molecule has 0 unspecified atom stereocenters. The Hall–Kier alpha value is -4.19. The number of aryl methyl sites for hydroxylation is 2. The number of phenolic OH excluding ortho intramolecular Hbond substituents is 1. The Morgan fingerprint density at radius 1 is 0.971 bits per heavy atom. The van der Waals surface area contributed by atoms with E-state index in [1.165, 1.54) is 0 Å². The van der Waals surface area contributed by atoms with Crippen LogP contribution in [0.2, 0.25) is 0 Å². The van der Waals surface area contributed by atoms with E-state index in [4.69, 9.17) is 0 Å². The molecule has 6 nitrogen and oxygen atoms in total. The Balaban J connectivity index is 1.86. The van der Waals surface area contributed by atoms with Gasteiger partial charge in [0.25, 0.3) is 5.91 Å². The predicted molar refractivity (Wildman–Crippen MR) is 140 cm³/mol. The lowest BCUT2D eigenvalue weighted by Crippen LogP contribution is -2.22. The van der Waals surface area contributed by atoms with Crippen LogP contribution in [0.3, 0.4) is 0 Å². The van der Waals surface area contributed by atoms with Crippen molar-refractivity contribution in [1.82, 2.24) is 5.32 Å². The second-order valence-corrected chi connectivity index (χ2v) is 8.39. The van der Waals surface area contributed by atoms with E-state index in [9.17, 15) is 19.5 Å². The molecule has 1 aliphatic carbocycles. The number of fused-ring (bicyclic) bond motifs is 1. The van der Waals surface area contributed by atoms with Crippen molar-refractivity contribution in [2.45, 2.75) is 33.6 Å². The molecule has 1 aliphatic rings. The molecule has 0 radical (unpaired) electrons. The second kappa shape index (κ2) is 11.3. The number of carbonyl (C=O) groups is 3. The molecule has 0 aliphatic heterocycles. The van der Waals surface area contributed by atoms with Gasteiger partial charge in [0.2, 0.25) is 5.91 Å². The zero-order valence-corrected chi connectivity index (χ0v) is 20.4. The number of anilines is 1. The maximum absolute atomic E-state index is 13.0. The van der Waals surface area contributed by atoms with Gasteiger partial charge in [0, 0.05) is 23.9 Å². The molecule has 0 atom stereocenters. The minimum Gasteiger partial charge on any atom is -0.507 e. The van der Waals surface area contributed by atoms with Gasteiger partial charge in [-0.05, 0) is 86.2 Å². The lowest BCUT2D eigenvalue weighted by molar-refractivity contribution is -0.117. The molecule has 0 bridgehead atoms. The highest BCUT2D eigenvalue weighted by Crippen LogP contribution is 2.31. The molecule has 35 heavy (non-hydrogen) atoms. The molecule has 0 aromatic heterocycles. The molecule has 6 heteroatoms. The van der Waals surface area contributed by atoms with Gasteiger partial charge in [-0.15, -0.1) is 0 Å². The zero-order valence-electron chi connectivity index (χ0n) is 20.4. The molecule has 0 saturated heterocycles. The standard InChI is InChI=1S/C29H30N2O4/c1-5-6-7-8-9-19(3)27(33)24-17-23(13-10-18(24)2)31-29(35)25-15-22-14-21(28(34)30-4)12-11-20(22)16-26(25)32/h5-10,13-17,32H,11-12H2,1-4H3,(H,30,34)(H,31,35)/b6-5+,8-7-,19-9+. The summed E-state index contributed by atoms with van der Waals surface area (Å²) in [6.07, 6.45) is 12.1. The van der Waals surface area contributed by atoms with E-state index >= 15 is 0 Å². The molecule has 180 valence electrons. The molecular formula is C29H30N2O4. The van der Waals surface area contributed by atoms with Crippen molar-refractivity contribution in [3.63, 3.8) is 0 Å². The van der Waals surface area contributed by atoms with E-state index < -0.39 is 5.91 Å². The van der Waals surface area contributed by atoms with Gasteiger partial charge in [-0.25, -0.2) is 0 Å². The van der Waals surface area contributed by atoms with Gasteiger partial charge in [-0.3, -0.25) is 14.4 Å². The first-order valence-electron chi connectivity index (χ1n) is 11.5. The predicted octanol–water partition coefficient (Wildman–Crippen LogP) is 5.29. The minimum absolute atomic E-state index is 0.0943. The number of aromatic hydroxyl groups is 1. The Morgan fingerprint density at radius 2 is 1.74 bits per heavy atom. The summed E-state index contributed by atoms with van der Waals surface area (Å²) < 4.78 is 0. The van der Waals surface area contributed by atoms with E-state index in [-0.39, 0.29) is 23.0 Å². The van der Waals surface area contributed by atoms with Gasteiger partial charge >= 0.3 is 0 Å². The van der Waals surface area contributed by atoms with Crippen LogP contribution in [0.1, 0.15) is 57.7 Å². The minimum atomic E-state index is -0.505. The van der Waals surface area contributed by atoms with Crippen LogP contribution < -0.4 is 10.6 Å². The number of phenols is 1. The number of ketones is 1. The van der Waals surface area contributed by atoms with Crippen molar-refractivity contribution < 1.29 is 19.5 Å². The zero-order chi connectivity index (χ0) is 25.5. The van der Waals surface area contributed by atoms with Crippen molar-refractivity contribution in [2.75, 3.05) is 12.4 Å². The third kappa shape index (κ3) is 6.03. The van der Waals surface area contributed by atoms with Crippen LogP contribution in [0, 0.1) is 6.92 Å². The first-order valence-corrected chi connectivity index (χ1v) is 11.5. The summed E-state index contributed by atoms with van der Waals surface area (Å²) in [6, 6.07) is 8.29. The summed E-state index contributed by atoms with van der Waals surface area (Å²) in [5.41, 5.74) is 4.62. The number of likely N-dealkylation sites (N-methyl/N-ethyl adjacent to an activating group) is 1. The molecular weight excluding hydrogens is 440 g/mol. The van der Waals surface area contributed by atoms with Crippen molar-refractivity contribution in [1.29, 1.82) is 0 Å². The fourth-order valence-electron chi connectivity index (χ4n) is 3.86. The molecule has 3 N–H and O–H groups in total. The van der Waals surface area contributed by atoms with Crippen LogP contribution in [0.4, 0.5) is 5.69 Å². The Kier molecular flexibility index (Phi) is 8.21. The maximum Gasteiger partial charge on any atom is 0.259 e. The number of hydrogen-bond acceptors (Lipinski definition) is 4. The van der Waals surface area contributed by atoms with Gasteiger partial charge in [0.1, 0.15) is 5.75 Å². The second-order valence-electron chi connectivity index (χ2n) is 8.39. The van der Waals surface area contributed by atoms with E-state index in [0.717, 1.165) is 16.7 Å². The van der Waals surface area contributed by atoms with Crippen LogP contribution in [0.5, 0.6) is 5.75 Å². The van der Waals surface area contributed by atoms with Crippen molar-refractivity contribution in [3.8, 4) is 5.75 Å². The number of allylic oxidation sites excluding steroid dienone is 6. The monoisotopic (exact) mass is 470 g/mol. The molecule has 0 spiro atoms. The van der Waals surface area contributed by atoms with Gasteiger partial charge < -0.3 is 15.7 Å². The number of rotatable bonds is 7. The smallest absolute Gasteiger partial charge is 0.259 e. The quantitative estimate of drug-likeness (QED) is 0.291. The molecule has 0 heterocycles. The molecule has 2 aromatic carbocycles. The molecule has 3 rings (SSSR count). The molecule has 0 saturated carbocycles. The first kappa shape index (κ1) is 25.4. The third-order valence-electron chi connectivity index (χ3n) is 5.87. The van der Waals surface area contributed by atoms with Gasteiger partial charge in [-0.1, -0.05) is 36.4 Å². The van der Waals surface area contributed by atoms with Gasteiger partial charge in [0.15, 0.2) is 5.78 Å². The number of benzene rings is 2. The molecule has 2 amide bonds. The molecule has 2 aromatic rings. The van der Waals surface area contributed by atoms with Gasteiger partial charge in [0.05, 0.1) is 5.56 Å². The summed E-state index contributed by atoms with van der Waals surface area (Å²) in [5, 5.41) is 15.9. The average Bonchev–Trinajstić information content (AvgIpc) is 2.85. The fourth-order valence-corrected chi connectivity index (χ4v) is 3.86. The summed E-state index contributed by atoms with van der Waals surface area (Å²) in [7, 11) is 1.58. The number of Topliss-reactive ketones (excluding diaryl/α,β-unsaturated/α-hetero) is 1. The number of hydrogen-bond donors (Lipinski definition) is 3. The number of amides is 2. The van der Waals surface area contributed by atoms with Gasteiger partial charge in [-0.2, -0.15) is 0 Å². The average molecular weight is 471 g/mol. The van der Waals surface area contributed by atoms with Crippen LogP contribution >= 0.6 is 0 Å². The van der Waals surface area contributed by atoms with Crippen molar-refractivity contribution in [2.24, 2.45) is 0 Å². The molecule has 0 fully saturated rings. The number of carbonyl (C=O) groups excluding carboxylic acids is 3. The van der Waals surface area contributed by atoms with E-state index in [1.807, 2.05) is 32.1 Å². The highest BCUT2D eigenvalue weighted by molar-refractivity contribution is 6.11. The van der Waals surface area contributed by atoms with E-state index in [2.05, 4.69) is 10.6 Å². The van der Waals surface area contributed by atoms with Crippen LogP contribution in [-0.2, 0) is 11.2 Å².